The molecule has 0 saturated heterocycles. The predicted molar refractivity (Wildman–Crippen MR) is 22.3 cm³/mol. The van der Waals surface area contributed by atoms with Crippen molar-refractivity contribution in [2.45, 2.75) is 0 Å². The summed E-state index contributed by atoms with van der Waals surface area (Å²) in [6.45, 7) is 0. The quantitative estimate of drug-likeness (QED) is 0.390. The summed E-state index contributed by atoms with van der Waals surface area (Å²) in [5.41, 5.74) is 0. The molecule has 1 N–H and O–H groups in total. The van der Waals surface area contributed by atoms with Crippen LogP contribution in [0.5, 0.6) is 0 Å². The fraction of sp³-hybridized carbons (Fsp3) is 0. The van der Waals surface area contributed by atoms with E-state index in [-0.39, 0.29) is 29.6 Å². The van der Waals surface area contributed by atoms with Gasteiger partial charge >= 0.3 is 45.8 Å². The van der Waals surface area contributed by atoms with Gasteiger partial charge in [-0.2, -0.15) is 0 Å². The van der Waals surface area contributed by atoms with E-state index in [4.69, 9.17) is 9.90 Å². The molecule has 0 fully saturated rings. The minimum absolute atomic E-state index is 0. The predicted octanol–water partition coefficient (Wildman–Crippen LogP) is -1.08. The Morgan fingerprint density at radius 1 is 1.80 bits per heavy atom. The fourth-order valence-electron chi connectivity index (χ4n) is 0. The Bertz CT molecular complexity index is 32.6. The van der Waals surface area contributed by atoms with Gasteiger partial charge in [-0.3, -0.25) is 4.79 Å². The number of rotatable bonds is 0. The van der Waals surface area contributed by atoms with E-state index >= 15 is 0 Å². The molecule has 0 spiro atoms. The van der Waals surface area contributed by atoms with Crippen LogP contribution in [0.15, 0.2) is 0 Å². The van der Waals surface area contributed by atoms with Crippen LogP contribution in [0.2, 0.25) is 0 Å². The van der Waals surface area contributed by atoms with Gasteiger partial charge in [-0.05, 0) is 0 Å². The monoisotopic (exact) mass is 97.0 g/mol. The Balaban J connectivity index is 0. The third-order valence-corrected chi connectivity index (χ3v) is 0. The summed E-state index contributed by atoms with van der Waals surface area (Å²) in [5.74, 6) is 0. The Morgan fingerprint density at radius 3 is 1.80 bits per heavy atom. The summed E-state index contributed by atoms with van der Waals surface area (Å²) < 4.78 is 0. The maximum atomic E-state index is 9.01. The van der Waals surface area contributed by atoms with Gasteiger partial charge in [0.05, 0.1) is 0 Å². The van der Waals surface area contributed by atoms with E-state index in [9.17, 15) is 0 Å². The summed E-state index contributed by atoms with van der Waals surface area (Å²) in [6.07, 6.45) is 0. The van der Waals surface area contributed by atoms with Gasteiger partial charge < -0.3 is 5.11 Å². The normalized spacial score (nSPS) is 4.80. The van der Waals surface area contributed by atoms with E-state index in [0.29, 0.717) is 0 Å². The molecule has 23 valence electrons. The summed E-state index contributed by atoms with van der Waals surface area (Å²) in [7, 11) is 0. The second-order valence-corrected chi connectivity index (χ2v) is 0.999. The van der Waals surface area contributed by atoms with Crippen LogP contribution in [-0.4, -0.2) is 55.8 Å². The Kier molecular flexibility index (Phi) is 9.38. The van der Waals surface area contributed by atoms with Crippen LogP contribution in [0.1, 0.15) is 0 Å². The molecule has 0 aliphatic heterocycles. The minimum atomic E-state index is -0.806. The summed E-state index contributed by atoms with van der Waals surface area (Å²) in [5, 5.41) is 7.43. The molecule has 1 radical (unpaired) electrons. The molecule has 0 atom stereocenters. The summed E-state index contributed by atoms with van der Waals surface area (Å²) >= 11 is 0.920. The van der Waals surface area contributed by atoms with Crippen molar-refractivity contribution < 1.29 is 9.90 Å². The van der Waals surface area contributed by atoms with Gasteiger partial charge in [0.2, 0.25) is 0 Å². The van der Waals surface area contributed by atoms with E-state index < -0.39 is 4.83 Å². The second kappa shape index (κ2) is 5.00. The second-order valence-electron chi connectivity index (χ2n) is 0.394. The van der Waals surface area contributed by atoms with Crippen molar-refractivity contribution in [1.29, 1.82) is 0 Å². The van der Waals surface area contributed by atoms with Crippen molar-refractivity contribution in [2.24, 2.45) is 0 Å². The maximum absolute atomic E-state index is 9.01. The van der Waals surface area contributed by atoms with Gasteiger partial charge in [0.25, 0.3) is 0 Å². The molecule has 0 amide bonds. The van der Waals surface area contributed by atoms with Crippen LogP contribution in [0.4, 0.5) is 4.79 Å². The first-order valence-electron chi connectivity index (χ1n) is 0.781. The van der Waals surface area contributed by atoms with E-state index in [1.165, 1.54) is 0 Å². The van der Waals surface area contributed by atoms with Crippen LogP contribution < -0.4 is 0 Å². The Labute approximate surface area is 60.3 Å². The van der Waals surface area contributed by atoms with Crippen molar-refractivity contribution in [3.05, 3.63) is 0 Å². The molecule has 0 saturated carbocycles. The van der Waals surface area contributed by atoms with Gasteiger partial charge in [-0.25, -0.2) is 0 Å². The van der Waals surface area contributed by atoms with E-state index in [1.807, 2.05) is 0 Å². The van der Waals surface area contributed by atoms with Crippen molar-refractivity contribution in [3.63, 3.8) is 0 Å². The molecule has 0 aromatic heterocycles. The van der Waals surface area contributed by atoms with Crippen LogP contribution in [-0.2, 0) is 0 Å². The van der Waals surface area contributed by atoms with Gasteiger partial charge in [-0.15, -0.1) is 0 Å². The zero-order chi connectivity index (χ0) is 3.58. The first-order valence-corrected chi connectivity index (χ1v) is 1.49. The third kappa shape index (κ3) is 44.9. The molecular formula is CH3AlNaO2. The van der Waals surface area contributed by atoms with E-state index in [1.54, 1.807) is 0 Å². The van der Waals surface area contributed by atoms with E-state index in [2.05, 4.69) is 0 Å². The standard InChI is InChI=1S/CHO2.Al.Na.2H/c2-1-3;;;;/h(H,2,3);;;;. The molecule has 4 heteroatoms. The van der Waals surface area contributed by atoms with Crippen molar-refractivity contribution in [1.82, 2.24) is 0 Å². The average Bonchev–Trinajstić information content (AvgIpc) is 0.811. The number of hydrogen-bond donors (Lipinski definition) is 1. The molecule has 0 aromatic rings. The van der Waals surface area contributed by atoms with Crippen LogP contribution in [0, 0.1) is 0 Å². The molecule has 0 aliphatic carbocycles. The third-order valence-electron chi connectivity index (χ3n) is 0. The van der Waals surface area contributed by atoms with Crippen LogP contribution in [0.25, 0.3) is 0 Å². The molecule has 0 rings (SSSR count). The molecule has 5 heavy (non-hydrogen) atoms. The molecule has 0 heterocycles. The number of hydrogen-bond acceptors (Lipinski definition) is 1. The molecular weight excluding hydrogens is 94.0 g/mol. The van der Waals surface area contributed by atoms with Crippen molar-refractivity contribution in [3.8, 4) is 0 Å². The number of carboxylic acid groups (broad SMARTS) is 1. The van der Waals surface area contributed by atoms with Gasteiger partial charge in [-0.1, -0.05) is 0 Å². The van der Waals surface area contributed by atoms with Gasteiger partial charge in [0.1, 0.15) is 0 Å². The first kappa shape index (κ1) is 9.38. The summed E-state index contributed by atoms with van der Waals surface area (Å²) in [4.78, 5) is 8.21. The molecule has 0 bridgehead atoms. The first-order chi connectivity index (χ1) is 1.73. The molecule has 2 nitrogen and oxygen atoms in total. The zero-order valence-corrected chi connectivity index (χ0v) is 3.48. The SMILES string of the molecule is O=[C](O)[AlH].[NaH]. The van der Waals surface area contributed by atoms with Gasteiger partial charge in [0, 0.05) is 0 Å². The summed E-state index contributed by atoms with van der Waals surface area (Å²) in [6, 6.07) is 0. The number of carbonyl (C=O) groups is 1. The van der Waals surface area contributed by atoms with Crippen LogP contribution in [0.3, 0.4) is 0 Å². The van der Waals surface area contributed by atoms with E-state index in [0.717, 1.165) is 16.3 Å². The van der Waals surface area contributed by atoms with Gasteiger partial charge in [0.15, 0.2) is 4.83 Å². The fourth-order valence-corrected chi connectivity index (χ4v) is 0. The Morgan fingerprint density at radius 2 is 1.80 bits per heavy atom. The topological polar surface area (TPSA) is 37.3 Å². The van der Waals surface area contributed by atoms with Crippen LogP contribution >= 0.6 is 0 Å². The zero-order valence-electron chi connectivity index (χ0n) is 2.06. The average molecular weight is 97.0 g/mol. The molecule has 0 aromatic carbocycles. The molecule has 0 unspecified atom stereocenters. The van der Waals surface area contributed by atoms with Crippen molar-refractivity contribution in [2.75, 3.05) is 0 Å². The molecule has 0 aliphatic rings. The van der Waals surface area contributed by atoms with Crippen molar-refractivity contribution >= 4 is 50.7 Å². The Hall–Kier alpha value is 1.00.